The molecule has 0 radical (unpaired) electrons. The molecular formula is C17H29N3. The van der Waals surface area contributed by atoms with Crippen LogP contribution in [0.2, 0.25) is 0 Å². The predicted molar refractivity (Wildman–Crippen MR) is 86.2 cm³/mol. The Balaban J connectivity index is 1.96. The first-order valence-corrected chi connectivity index (χ1v) is 8.15. The molecule has 1 aromatic rings. The molecule has 2 heterocycles. The molecule has 2 rings (SSSR count). The van der Waals surface area contributed by atoms with Crippen molar-refractivity contribution in [1.82, 2.24) is 10.3 Å². The summed E-state index contributed by atoms with van der Waals surface area (Å²) in [7, 11) is 0. The SMILES string of the molecule is CCCC1CCN(c2ncc(CNCC)cc2C)CC1. The quantitative estimate of drug-likeness (QED) is 0.861. The van der Waals surface area contributed by atoms with Crippen LogP contribution in [0.25, 0.3) is 0 Å². The molecule has 1 aliphatic rings. The highest BCUT2D eigenvalue weighted by Crippen LogP contribution is 2.26. The van der Waals surface area contributed by atoms with Gasteiger partial charge in [0.15, 0.2) is 0 Å². The number of pyridine rings is 1. The number of hydrogen-bond acceptors (Lipinski definition) is 3. The number of aromatic nitrogens is 1. The summed E-state index contributed by atoms with van der Waals surface area (Å²) in [4.78, 5) is 7.18. The van der Waals surface area contributed by atoms with Gasteiger partial charge in [0.2, 0.25) is 0 Å². The highest BCUT2D eigenvalue weighted by Gasteiger charge is 2.20. The third kappa shape index (κ3) is 3.95. The highest BCUT2D eigenvalue weighted by molar-refractivity contribution is 5.47. The second-order valence-corrected chi connectivity index (χ2v) is 5.98. The maximum atomic E-state index is 4.71. The number of rotatable bonds is 6. The Labute approximate surface area is 123 Å². The van der Waals surface area contributed by atoms with Gasteiger partial charge in [-0.2, -0.15) is 0 Å². The van der Waals surface area contributed by atoms with E-state index in [2.05, 4.69) is 37.1 Å². The molecule has 0 spiro atoms. The molecule has 1 saturated heterocycles. The van der Waals surface area contributed by atoms with E-state index in [0.29, 0.717) is 0 Å². The molecule has 1 N–H and O–H groups in total. The molecule has 0 atom stereocenters. The van der Waals surface area contributed by atoms with Crippen molar-refractivity contribution in [2.24, 2.45) is 5.92 Å². The fourth-order valence-corrected chi connectivity index (χ4v) is 3.16. The fourth-order valence-electron chi connectivity index (χ4n) is 3.16. The zero-order valence-corrected chi connectivity index (χ0v) is 13.3. The van der Waals surface area contributed by atoms with Gasteiger partial charge in [0.25, 0.3) is 0 Å². The molecule has 0 aliphatic carbocycles. The molecule has 0 aromatic carbocycles. The van der Waals surface area contributed by atoms with Crippen molar-refractivity contribution >= 4 is 5.82 Å². The number of hydrogen-bond donors (Lipinski definition) is 1. The summed E-state index contributed by atoms with van der Waals surface area (Å²) in [5.74, 6) is 2.13. The van der Waals surface area contributed by atoms with Crippen molar-refractivity contribution in [3.05, 3.63) is 23.4 Å². The summed E-state index contributed by atoms with van der Waals surface area (Å²) in [5, 5.41) is 3.36. The van der Waals surface area contributed by atoms with Crippen LogP contribution in [0.4, 0.5) is 5.82 Å². The van der Waals surface area contributed by atoms with Crippen LogP contribution in [0, 0.1) is 12.8 Å². The summed E-state index contributed by atoms with van der Waals surface area (Å²) in [5.41, 5.74) is 2.60. The molecule has 112 valence electrons. The van der Waals surface area contributed by atoms with Crippen molar-refractivity contribution in [2.45, 2.75) is 53.0 Å². The first-order valence-electron chi connectivity index (χ1n) is 8.15. The maximum Gasteiger partial charge on any atom is 0.131 e. The number of nitrogens with zero attached hydrogens (tertiary/aromatic N) is 2. The molecule has 3 nitrogen and oxygen atoms in total. The largest absolute Gasteiger partial charge is 0.356 e. The highest BCUT2D eigenvalue weighted by atomic mass is 15.2. The van der Waals surface area contributed by atoms with Crippen molar-refractivity contribution < 1.29 is 0 Å². The molecule has 20 heavy (non-hydrogen) atoms. The van der Waals surface area contributed by atoms with E-state index in [0.717, 1.165) is 19.0 Å². The predicted octanol–water partition coefficient (Wildman–Crippen LogP) is 3.52. The Morgan fingerprint density at radius 3 is 2.65 bits per heavy atom. The lowest BCUT2D eigenvalue weighted by Crippen LogP contribution is -2.34. The Kier molecular flexibility index (Phi) is 5.84. The van der Waals surface area contributed by atoms with Gasteiger partial charge in [0.05, 0.1) is 0 Å². The van der Waals surface area contributed by atoms with Crippen molar-refractivity contribution in [3.63, 3.8) is 0 Å². The Hall–Kier alpha value is -1.09. The topological polar surface area (TPSA) is 28.2 Å². The van der Waals surface area contributed by atoms with Crippen LogP contribution in [-0.2, 0) is 6.54 Å². The second-order valence-electron chi connectivity index (χ2n) is 5.98. The molecular weight excluding hydrogens is 246 g/mol. The van der Waals surface area contributed by atoms with Gasteiger partial charge in [-0.15, -0.1) is 0 Å². The maximum absolute atomic E-state index is 4.71. The van der Waals surface area contributed by atoms with E-state index in [1.807, 2.05) is 6.20 Å². The number of nitrogens with one attached hydrogen (secondary N) is 1. The molecule has 0 saturated carbocycles. The van der Waals surface area contributed by atoms with Crippen molar-refractivity contribution in [3.8, 4) is 0 Å². The molecule has 0 unspecified atom stereocenters. The van der Waals surface area contributed by atoms with Gasteiger partial charge in [0, 0.05) is 25.8 Å². The van der Waals surface area contributed by atoms with E-state index < -0.39 is 0 Å². The van der Waals surface area contributed by atoms with Crippen LogP contribution >= 0.6 is 0 Å². The minimum atomic E-state index is 0.920. The molecule has 1 aliphatic heterocycles. The van der Waals surface area contributed by atoms with Gasteiger partial charge >= 0.3 is 0 Å². The molecule has 1 fully saturated rings. The van der Waals surface area contributed by atoms with E-state index in [1.165, 1.54) is 55.7 Å². The molecule has 3 heteroatoms. The molecule has 1 aromatic heterocycles. The zero-order valence-electron chi connectivity index (χ0n) is 13.3. The van der Waals surface area contributed by atoms with E-state index in [4.69, 9.17) is 4.98 Å². The standard InChI is InChI=1S/C17H29N3/c1-4-6-15-7-9-20(10-8-15)17-14(3)11-16(13-19-17)12-18-5-2/h11,13,15,18H,4-10,12H2,1-3H3. The minimum absolute atomic E-state index is 0.920. The van der Waals surface area contributed by atoms with Crippen LogP contribution in [0.1, 0.15) is 50.7 Å². The van der Waals surface area contributed by atoms with E-state index >= 15 is 0 Å². The van der Waals surface area contributed by atoms with E-state index in [1.54, 1.807) is 0 Å². The second kappa shape index (κ2) is 7.63. The minimum Gasteiger partial charge on any atom is -0.356 e. The Morgan fingerprint density at radius 1 is 1.30 bits per heavy atom. The van der Waals surface area contributed by atoms with Gasteiger partial charge in [-0.1, -0.05) is 26.7 Å². The Morgan fingerprint density at radius 2 is 2.05 bits per heavy atom. The summed E-state index contributed by atoms with van der Waals surface area (Å²) in [6, 6.07) is 2.28. The summed E-state index contributed by atoms with van der Waals surface area (Å²) in [6.07, 6.45) is 7.40. The zero-order chi connectivity index (χ0) is 14.4. The Bertz CT molecular complexity index is 409. The number of piperidine rings is 1. The van der Waals surface area contributed by atoms with Crippen LogP contribution in [0.3, 0.4) is 0 Å². The lowest BCUT2D eigenvalue weighted by Gasteiger charge is -2.33. The van der Waals surface area contributed by atoms with Crippen LogP contribution in [0.5, 0.6) is 0 Å². The average Bonchev–Trinajstić information content (AvgIpc) is 2.47. The van der Waals surface area contributed by atoms with Gasteiger partial charge in [-0.05, 0) is 49.4 Å². The summed E-state index contributed by atoms with van der Waals surface area (Å²) >= 11 is 0. The molecule has 0 bridgehead atoms. The van der Waals surface area contributed by atoms with Gasteiger partial charge < -0.3 is 10.2 Å². The van der Waals surface area contributed by atoms with Gasteiger partial charge in [-0.25, -0.2) is 4.98 Å². The smallest absolute Gasteiger partial charge is 0.131 e. The lowest BCUT2D eigenvalue weighted by molar-refractivity contribution is 0.377. The van der Waals surface area contributed by atoms with Gasteiger partial charge in [0.1, 0.15) is 5.82 Å². The third-order valence-electron chi connectivity index (χ3n) is 4.30. The first kappa shape index (κ1) is 15.3. The third-order valence-corrected chi connectivity index (χ3v) is 4.30. The first-order chi connectivity index (χ1) is 9.74. The lowest BCUT2D eigenvalue weighted by atomic mass is 9.92. The van der Waals surface area contributed by atoms with Crippen LogP contribution in [-0.4, -0.2) is 24.6 Å². The van der Waals surface area contributed by atoms with Crippen LogP contribution in [0.15, 0.2) is 12.3 Å². The average molecular weight is 275 g/mol. The number of anilines is 1. The van der Waals surface area contributed by atoms with Crippen LogP contribution < -0.4 is 10.2 Å². The van der Waals surface area contributed by atoms with E-state index in [9.17, 15) is 0 Å². The number of aryl methyl sites for hydroxylation is 1. The van der Waals surface area contributed by atoms with Gasteiger partial charge in [-0.3, -0.25) is 0 Å². The van der Waals surface area contributed by atoms with Crippen molar-refractivity contribution in [1.29, 1.82) is 0 Å². The fraction of sp³-hybridized carbons (Fsp3) is 0.706. The normalized spacial score (nSPS) is 16.6. The van der Waals surface area contributed by atoms with E-state index in [-0.39, 0.29) is 0 Å². The van der Waals surface area contributed by atoms with Crippen molar-refractivity contribution in [2.75, 3.05) is 24.5 Å². The summed E-state index contributed by atoms with van der Waals surface area (Å²) < 4.78 is 0. The summed E-state index contributed by atoms with van der Waals surface area (Å²) in [6.45, 7) is 10.9. The molecule has 0 amide bonds. The monoisotopic (exact) mass is 275 g/mol.